The van der Waals surface area contributed by atoms with Gasteiger partial charge in [-0.1, -0.05) is 12.1 Å². The molecule has 2 N–H and O–H groups in total. The topological polar surface area (TPSA) is 93.0 Å². The molecule has 216 valence electrons. The number of aromatic nitrogens is 5. The lowest BCUT2D eigenvalue weighted by atomic mass is 10.0. The molecule has 4 heterocycles. The summed E-state index contributed by atoms with van der Waals surface area (Å²) in [6, 6.07) is 11.8. The second kappa shape index (κ2) is 11.2. The number of imidazole rings is 1. The van der Waals surface area contributed by atoms with Crippen molar-refractivity contribution in [2.24, 2.45) is 0 Å². The molecule has 6 rings (SSSR count). The second-order valence-electron chi connectivity index (χ2n) is 9.93. The van der Waals surface area contributed by atoms with E-state index < -0.39 is 30.1 Å². The minimum atomic E-state index is -4.38. The van der Waals surface area contributed by atoms with E-state index in [1.54, 1.807) is 24.3 Å². The van der Waals surface area contributed by atoms with Crippen LogP contribution in [0.15, 0.2) is 48.5 Å². The van der Waals surface area contributed by atoms with Crippen LogP contribution in [-0.4, -0.2) is 63.3 Å². The Kier molecular flexibility index (Phi) is 7.43. The molecular formula is C27H27F5N8O. The average Bonchev–Trinajstić information content (AvgIpc) is 3.38. The van der Waals surface area contributed by atoms with E-state index in [9.17, 15) is 22.0 Å². The normalized spacial score (nSPS) is 18.8. The van der Waals surface area contributed by atoms with E-state index in [-0.39, 0.29) is 12.0 Å². The highest BCUT2D eigenvalue weighted by atomic mass is 19.4. The highest BCUT2D eigenvalue weighted by Crippen LogP contribution is 2.31. The number of rotatable bonds is 6. The number of piperidine rings is 1. The summed E-state index contributed by atoms with van der Waals surface area (Å²) in [6.45, 7) is 2.68. The quantitative estimate of drug-likeness (QED) is 0.314. The van der Waals surface area contributed by atoms with Gasteiger partial charge >= 0.3 is 6.18 Å². The smallest absolute Gasteiger partial charge is 0.382 e. The number of hydrogen-bond donors (Lipinski definition) is 2. The van der Waals surface area contributed by atoms with E-state index in [0.29, 0.717) is 74.1 Å². The molecule has 2 fully saturated rings. The molecule has 0 amide bonds. The number of alkyl halides is 5. The largest absolute Gasteiger partial charge is 0.416 e. The Balaban J connectivity index is 1.27. The second-order valence-corrected chi connectivity index (χ2v) is 9.93. The third-order valence-electron chi connectivity index (χ3n) is 7.19. The fourth-order valence-electron chi connectivity index (χ4n) is 5.10. The van der Waals surface area contributed by atoms with Crippen molar-refractivity contribution < 1.29 is 26.7 Å². The zero-order chi connectivity index (χ0) is 28.6. The Bertz CT molecular complexity index is 1500. The number of anilines is 2. The number of benzene rings is 2. The summed E-state index contributed by atoms with van der Waals surface area (Å²) in [5, 5.41) is 6.53. The van der Waals surface area contributed by atoms with Crippen molar-refractivity contribution >= 4 is 22.7 Å². The van der Waals surface area contributed by atoms with Crippen molar-refractivity contribution in [2.45, 2.75) is 37.6 Å². The van der Waals surface area contributed by atoms with Crippen LogP contribution in [-0.2, 0) is 10.9 Å². The van der Waals surface area contributed by atoms with Gasteiger partial charge in [-0.2, -0.15) is 28.1 Å². The van der Waals surface area contributed by atoms with Gasteiger partial charge in [0.2, 0.25) is 11.9 Å². The third kappa shape index (κ3) is 5.79. The molecule has 2 aliphatic rings. The molecular weight excluding hydrogens is 547 g/mol. The zero-order valence-electron chi connectivity index (χ0n) is 21.8. The first-order valence-corrected chi connectivity index (χ1v) is 13.3. The Morgan fingerprint density at radius 3 is 2.34 bits per heavy atom. The van der Waals surface area contributed by atoms with Gasteiger partial charge in [-0.15, -0.1) is 0 Å². The maximum absolute atomic E-state index is 14.1. The Morgan fingerprint density at radius 2 is 1.66 bits per heavy atom. The maximum Gasteiger partial charge on any atom is 0.416 e. The molecule has 1 unspecified atom stereocenters. The van der Waals surface area contributed by atoms with Gasteiger partial charge < -0.3 is 20.3 Å². The summed E-state index contributed by atoms with van der Waals surface area (Å²) in [7, 11) is 0. The van der Waals surface area contributed by atoms with Gasteiger partial charge in [0.1, 0.15) is 6.10 Å². The Labute approximate surface area is 231 Å². The first kappa shape index (κ1) is 27.3. The van der Waals surface area contributed by atoms with Crippen molar-refractivity contribution in [3.8, 4) is 5.95 Å². The van der Waals surface area contributed by atoms with Gasteiger partial charge in [0.15, 0.2) is 11.6 Å². The van der Waals surface area contributed by atoms with E-state index in [1.807, 2.05) is 4.90 Å². The number of hydrogen-bond acceptors (Lipinski definition) is 8. The molecule has 2 aromatic carbocycles. The fraction of sp³-hybridized carbons (Fsp3) is 0.407. The number of nitrogens with zero attached hydrogens (tertiary/aromatic N) is 6. The molecule has 9 nitrogen and oxygen atoms in total. The summed E-state index contributed by atoms with van der Waals surface area (Å²) in [5.74, 6) is 0.245. The van der Waals surface area contributed by atoms with E-state index in [1.165, 1.54) is 16.7 Å². The minimum Gasteiger partial charge on any atom is -0.382 e. The van der Waals surface area contributed by atoms with Crippen LogP contribution < -0.4 is 15.5 Å². The van der Waals surface area contributed by atoms with Crippen molar-refractivity contribution in [2.75, 3.05) is 43.0 Å². The van der Waals surface area contributed by atoms with E-state index in [0.717, 1.165) is 12.1 Å². The van der Waals surface area contributed by atoms with Crippen LogP contribution in [0.3, 0.4) is 0 Å². The van der Waals surface area contributed by atoms with Crippen LogP contribution in [0.25, 0.3) is 17.0 Å². The predicted octanol–water partition coefficient (Wildman–Crippen LogP) is 4.91. The lowest BCUT2D eigenvalue weighted by molar-refractivity contribution is -0.137. The van der Waals surface area contributed by atoms with Crippen LogP contribution in [0.5, 0.6) is 0 Å². The van der Waals surface area contributed by atoms with Crippen molar-refractivity contribution in [3.05, 3.63) is 65.7 Å². The molecule has 2 saturated heterocycles. The molecule has 2 aromatic heterocycles. The minimum absolute atomic E-state index is 0.0256. The van der Waals surface area contributed by atoms with Crippen molar-refractivity contribution in [1.29, 1.82) is 0 Å². The molecule has 0 spiro atoms. The number of ether oxygens (including phenoxy) is 1. The average molecular weight is 575 g/mol. The molecule has 0 saturated carbocycles. The SMILES string of the molecule is FC(F)c1nc2ccccc2n1-c1nc(C2CNCCO2)nc(N2CCC(Nc3ccc(C(F)(F)F)cc3)CC2)n1. The summed E-state index contributed by atoms with van der Waals surface area (Å²) in [4.78, 5) is 19.9. The molecule has 0 aliphatic carbocycles. The van der Waals surface area contributed by atoms with E-state index in [2.05, 4.69) is 30.6 Å². The standard InChI is InChI=1S/C27H27F5N8O/c28-22(29)24-35-19-3-1-2-4-20(19)40(24)26-37-23(21-15-33-11-14-41-21)36-25(38-26)39-12-9-18(10-13-39)34-17-7-5-16(6-8-17)27(30,31)32/h1-8,18,21-22,33-34H,9-15H2. The number of fused-ring (bicyclic) bond motifs is 1. The summed E-state index contributed by atoms with van der Waals surface area (Å²) < 4.78 is 74.0. The number of para-hydroxylation sites is 2. The first-order chi connectivity index (χ1) is 19.8. The van der Waals surface area contributed by atoms with E-state index in [4.69, 9.17) is 4.74 Å². The van der Waals surface area contributed by atoms with Crippen LogP contribution in [0.1, 0.15) is 42.6 Å². The highest BCUT2D eigenvalue weighted by Gasteiger charge is 2.31. The first-order valence-electron chi connectivity index (χ1n) is 13.3. The maximum atomic E-state index is 14.1. The van der Waals surface area contributed by atoms with Crippen molar-refractivity contribution in [3.63, 3.8) is 0 Å². The van der Waals surface area contributed by atoms with Crippen LogP contribution in [0, 0.1) is 0 Å². The number of halogens is 5. The van der Waals surface area contributed by atoms with Gasteiger partial charge in [-0.05, 0) is 49.2 Å². The van der Waals surface area contributed by atoms with Crippen LogP contribution in [0.4, 0.5) is 33.6 Å². The van der Waals surface area contributed by atoms with Gasteiger partial charge in [0.25, 0.3) is 6.43 Å². The zero-order valence-corrected chi connectivity index (χ0v) is 21.8. The monoisotopic (exact) mass is 574 g/mol. The van der Waals surface area contributed by atoms with E-state index >= 15 is 0 Å². The van der Waals surface area contributed by atoms with Crippen LogP contribution in [0.2, 0.25) is 0 Å². The van der Waals surface area contributed by atoms with Gasteiger partial charge in [-0.25, -0.2) is 13.8 Å². The third-order valence-corrected chi connectivity index (χ3v) is 7.19. The molecule has 14 heteroatoms. The molecule has 4 aromatic rings. The van der Waals surface area contributed by atoms with Crippen molar-refractivity contribution in [1.82, 2.24) is 29.8 Å². The molecule has 0 radical (unpaired) electrons. The predicted molar refractivity (Wildman–Crippen MR) is 141 cm³/mol. The number of morpholine rings is 1. The molecule has 2 aliphatic heterocycles. The lowest BCUT2D eigenvalue weighted by Gasteiger charge is -2.33. The summed E-state index contributed by atoms with van der Waals surface area (Å²) in [6.07, 6.45) is -6.40. The molecule has 1 atom stereocenters. The molecule has 41 heavy (non-hydrogen) atoms. The lowest BCUT2D eigenvalue weighted by Crippen LogP contribution is -2.40. The van der Waals surface area contributed by atoms with Crippen LogP contribution >= 0.6 is 0 Å². The number of nitrogens with one attached hydrogen (secondary N) is 2. The molecule has 0 bridgehead atoms. The summed E-state index contributed by atoms with van der Waals surface area (Å²) in [5.41, 5.74) is 0.761. The Hall–Kier alpha value is -3.91. The van der Waals surface area contributed by atoms with Gasteiger partial charge in [0, 0.05) is 37.9 Å². The fourth-order valence-corrected chi connectivity index (χ4v) is 5.10. The van der Waals surface area contributed by atoms with Gasteiger partial charge in [-0.3, -0.25) is 4.57 Å². The summed E-state index contributed by atoms with van der Waals surface area (Å²) >= 11 is 0. The highest BCUT2D eigenvalue weighted by molar-refractivity contribution is 5.77. The van der Waals surface area contributed by atoms with Gasteiger partial charge in [0.05, 0.1) is 23.2 Å². The Morgan fingerprint density at radius 1 is 0.927 bits per heavy atom.